The number of hydrogen-bond acceptors (Lipinski definition) is 6. The van der Waals surface area contributed by atoms with Crippen molar-refractivity contribution in [2.75, 3.05) is 44.8 Å². The van der Waals surface area contributed by atoms with Gasteiger partial charge in [0, 0.05) is 56.2 Å². The number of aromatic nitrogens is 2. The molecule has 1 fully saturated rings. The number of piperazine rings is 1. The van der Waals surface area contributed by atoms with E-state index in [9.17, 15) is 9.59 Å². The van der Waals surface area contributed by atoms with Crippen LogP contribution in [0.1, 0.15) is 17.0 Å². The lowest BCUT2D eigenvalue weighted by atomic mass is 10.2. The number of aryl methyl sites for hydroxylation is 2. The molecule has 3 rings (SSSR count). The standard InChI is InChI=1S/C22H28N4O4/c1-16-20(17(2)24(3)23-16)9-10-22(28)30-15-21(27)26-13-11-25(12-14-26)18-5-7-19(29-4)8-6-18/h5-10H,11-15H2,1-4H3/b10-9+. The number of amides is 1. The molecule has 0 spiro atoms. The first-order valence-electron chi connectivity index (χ1n) is 9.91. The highest BCUT2D eigenvalue weighted by atomic mass is 16.5. The molecule has 1 aliphatic heterocycles. The molecule has 8 heteroatoms. The molecule has 1 saturated heterocycles. The van der Waals surface area contributed by atoms with Crippen molar-refractivity contribution in [3.8, 4) is 5.75 Å². The van der Waals surface area contributed by atoms with Crippen LogP contribution in [0.2, 0.25) is 0 Å². The third-order valence-corrected chi connectivity index (χ3v) is 5.36. The summed E-state index contributed by atoms with van der Waals surface area (Å²) in [6, 6.07) is 7.87. The van der Waals surface area contributed by atoms with Gasteiger partial charge in [-0.2, -0.15) is 5.10 Å². The summed E-state index contributed by atoms with van der Waals surface area (Å²) in [5.74, 6) is 0.0972. The minimum atomic E-state index is -0.539. The summed E-state index contributed by atoms with van der Waals surface area (Å²) in [5, 5.41) is 4.30. The monoisotopic (exact) mass is 412 g/mol. The van der Waals surface area contributed by atoms with Crippen molar-refractivity contribution in [2.45, 2.75) is 13.8 Å². The number of carbonyl (C=O) groups excluding carboxylic acids is 2. The SMILES string of the molecule is COc1ccc(N2CCN(C(=O)COC(=O)/C=C/c3c(C)nn(C)c3C)CC2)cc1. The van der Waals surface area contributed by atoms with Crippen LogP contribution >= 0.6 is 0 Å². The largest absolute Gasteiger partial charge is 0.497 e. The maximum absolute atomic E-state index is 12.4. The third-order valence-electron chi connectivity index (χ3n) is 5.36. The molecule has 2 heterocycles. The fraction of sp³-hybridized carbons (Fsp3) is 0.409. The lowest BCUT2D eigenvalue weighted by Gasteiger charge is -2.36. The second-order valence-corrected chi connectivity index (χ2v) is 7.22. The van der Waals surface area contributed by atoms with Crippen LogP contribution in [0.4, 0.5) is 5.69 Å². The normalized spacial score (nSPS) is 14.3. The Bertz CT molecular complexity index is 925. The summed E-state index contributed by atoms with van der Waals surface area (Å²) < 4.78 is 12.1. The Morgan fingerprint density at radius 2 is 1.77 bits per heavy atom. The highest BCUT2D eigenvalue weighted by Gasteiger charge is 2.22. The second-order valence-electron chi connectivity index (χ2n) is 7.22. The number of carbonyl (C=O) groups is 2. The Labute approximate surface area is 176 Å². The molecule has 1 aliphatic rings. The molecule has 0 radical (unpaired) electrons. The summed E-state index contributed by atoms with van der Waals surface area (Å²) in [6.45, 7) is 6.19. The Morgan fingerprint density at radius 1 is 1.10 bits per heavy atom. The number of ether oxygens (including phenoxy) is 2. The Morgan fingerprint density at radius 3 is 2.33 bits per heavy atom. The van der Waals surface area contributed by atoms with Crippen molar-refractivity contribution in [3.63, 3.8) is 0 Å². The lowest BCUT2D eigenvalue weighted by Crippen LogP contribution is -2.49. The molecule has 0 aliphatic carbocycles. The van der Waals surface area contributed by atoms with Crippen molar-refractivity contribution < 1.29 is 19.1 Å². The number of rotatable bonds is 6. The van der Waals surface area contributed by atoms with Crippen molar-refractivity contribution >= 4 is 23.6 Å². The molecular formula is C22H28N4O4. The van der Waals surface area contributed by atoms with E-state index in [-0.39, 0.29) is 12.5 Å². The predicted octanol–water partition coefficient (Wildman–Crippen LogP) is 1.95. The van der Waals surface area contributed by atoms with Crippen LogP contribution in [-0.2, 0) is 21.4 Å². The first-order chi connectivity index (χ1) is 14.4. The van der Waals surface area contributed by atoms with E-state index in [4.69, 9.17) is 9.47 Å². The van der Waals surface area contributed by atoms with Gasteiger partial charge in [-0.05, 0) is 44.2 Å². The maximum atomic E-state index is 12.4. The van der Waals surface area contributed by atoms with Crippen molar-refractivity contribution in [1.29, 1.82) is 0 Å². The highest BCUT2D eigenvalue weighted by molar-refractivity contribution is 5.89. The number of esters is 1. The molecule has 1 amide bonds. The summed E-state index contributed by atoms with van der Waals surface area (Å²) in [6.07, 6.45) is 3.02. The van der Waals surface area contributed by atoms with Gasteiger partial charge in [0.05, 0.1) is 12.8 Å². The Kier molecular flexibility index (Phi) is 6.76. The van der Waals surface area contributed by atoms with Gasteiger partial charge in [0.15, 0.2) is 6.61 Å². The fourth-order valence-electron chi connectivity index (χ4n) is 3.46. The Hall–Kier alpha value is -3.29. The van der Waals surface area contributed by atoms with Crippen LogP contribution in [0.5, 0.6) is 5.75 Å². The smallest absolute Gasteiger partial charge is 0.331 e. The van der Waals surface area contributed by atoms with Gasteiger partial charge in [0.1, 0.15) is 5.75 Å². The summed E-state index contributed by atoms with van der Waals surface area (Å²) in [5.41, 5.74) is 3.78. The van der Waals surface area contributed by atoms with E-state index in [1.807, 2.05) is 45.2 Å². The molecule has 0 N–H and O–H groups in total. The van der Waals surface area contributed by atoms with E-state index in [1.54, 1.807) is 22.8 Å². The molecule has 8 nitrogen and oxygen atoms in total. The van der Waals surface area contributed by atoms with Gasteiger partial charge in [0.25, 0.3) is 5.91 Å². The summed E-state index contributed by atoms with van der Waals surface area (Å²) in [4.78, 5) is 28.3. The van der Waals surface area contributed by atoms with Gasteiger partial charge in [-0.25, -0.2) is 4.79 Å². The molecular weight excluding hydrogens is 384 g/mol. The van der Waals surface area contributed by atoms with E-state index in [2.05, 4.69) is 10.00 Å². The third kappa shape index (κ3) is 5.00. The molecule has 0 bridgehead atoms. The van der Waals surface area contributed by atoms with Crippen LogP contribution in [0.3, 0.4) is 0 Å². The molecule has 160 valence electrons. The molecule has 1 aromatic carbocycles. The quantitative estimate of drug-likeness (QED) is 0.533. The van der Waals surface area contributed by atoms with Crippen LogP contribution < -0.4 is 9.64 Å². The zero-order valence-electron chi connectivity index (χ0n) is 17.9. The molecule has 0 atom stereocenters. The predicted molar refractivity (Wildman–Crippen MR) is 114 cm³/mol. The zero-order valence-corrected chi connectivity index (χ0v) is 17.9. The number of anilines is 1. The van der Waals surface area contributed by atoms with Crippen molar-refractivity contribution in [1.82, 2.24) is 14.7 Å². The summed E-state index contributed by atoms with van der Waals surface area (Å²) in [7, 11) is 3.49. The second kappa shape index (κ2) is 9.47. The van der Waals surface area contributed by atoms with Gasteiger partial charge in [-0.3, -0.25) is 9.48 Å². The number of methoxy groups -OCH3 is 1. The van der Waals surface area contributed by atoms with Gasteiger partial charge in [-0.1, -0.05) is 0 Å². The lowest BCUT2D eigenvalue weighted by molar-refractivity contribution is -0.148. The van der Waals surface area contributed by atoms with E-state index < -0.39 is 5.97 Å². The average Bonchev–Trinajstić information content (AvgIpc) is 3.01. The first-order valence-corrected chi connectivity index (χ1v) is 9.91. The topological polar surface area (TPSA) is 76.9 Å². The van der Waals surface area contributed by atoms with Gasteiger partial charge in [0.2, 0.25) is 0 Å². The van der Waals surface area contributed by atoms with Gasteiger partial charge < -0.3 is 19.3 Å². The summed E-state index contributed by atoms with van der Waals surface area (Å²) >= 11 is 0. The molecule has 30 heavy (non-hydrogen) atoms. The van der Waals surface area contributed by atoms with Crippen LogP contribution in [-0.4, -0.2) is 66.5 Å². The van der Waals surface area contributed by atoms with Crippen molar-refractivity contribution in [3.05, 3.63) is 47.3 Å². The molecule has 2 aromatic rings. The minimum Gasteiger partial charge on any atom is -0.497 e. The zero-order chi connectivity index (χ0) is 21.7. The highest BCUT2D eigenvalue weighted by Crippen LogP contribution is 2.20. The van der Waals surface area contributed by atoms with Crippen LogP contribution in [0.15, 0.2) is 30.3 Å². The number of nitrogens with zero attached hydrogens (tertiary/aromatic N) is 4. The van der Waals surface area contributed by atoms with E-state index >= 15 is 0 Å². The molecule has 1 aromatic heterocycles. The van der Waals surface area contributed by atoms with E-state index in [1.165, 1.54) is 6.08 Å². The van der Waals surface area contributed by atoms with Gasteiger partial charge >= 0.3 is 5.97 Å². The van der Waals surface area contributed by atoms with Crippen LogP contribution in [0.25, 0.3) is 6.08 Å². The van der Waals surface area contributed by atoms with Crippen molar-refractivity contribution in [2.24, 2.45) is 7.05 Å². The minimum absolute atomic E-state index is 0.181. The van der Waals surface area contributed by atoms with E-state index in [0.29, 0.717) is 13.1 Å². The van der Waals surface area contributed by atoms with E-state index in [0.717, 1.165) is 41.5 Å². The maximum Gasteiger partial charge on any atom is 0.331 e. The van der Waals surface area contributed by atoms with Crippen LogP contribution in [0, 0.1) is 13.8 Å². The average molecular weight is 412 g/mol. The molecule has 0 saturated carbocycles. The fourth-order valence-corrected chi connectivity index (χ4v) is 3.46. The Balaban J connectivity index is 1.45. The number of benzene rings is 1. The van der Waals surface area contributed by atoms with Gasteiger partial charge in [-0.15, -0.1) is 0 Å². The first kappa shape index (κ1) is 21.4. The molecule has 0 unspecified atom stereocenters. The number of hydrogen-bond donors (Lipinski definition) is 0.